The van der Waals surface area contributed by atoms with Gasteiger partial charge in [0.25, 0.3) is 0 Å². The van der Waals surface area contributed by atoms with E-state index in [1.54, 1.807) is 13.2 Å². The Kier molecular flexibility index (Phi) is 4.11. The lowest BCUT2D eigenvalue weighted by Gasteiger charge is -2.09. The second-order valence-corrected chi connectivity index (χ2v) is 4.07. The molecule has 3 N–H and O–H groups in total. The number of nitrogens with zero attached hydrogens (tertiary/aromatic N) is 1. The number of aliphatic hydroxyl groups is 1. The summed E-state index contributed by atoms with van der Waals surface area (Å²) in [5.74, 6) is 0.272. The minimum atomic E-state index is -0.496. The number of halogens is 1. The second-order valence-electron chi connectivity index (χ2n) is 4.07. The van der Waals surface area contributed by atoms with Gasteiger partial charge in [-0.15, -0.1) is 0 Å². The number of imidazole rings is 1. The lowest BCUT2D eigenvalue weighted by Crippen LogP contribution is -2.18. The van der Waals surface area contributed by atoms with Crippen molar-refractivity contribution in [3.05, 3.63) is 24.0 Å². The highest BCUT2D eigenvalue weighted by atomic mass is 19.1. The molecule has 1 aromatic carbocycles. The fraction of sp³-hybridized carbons (Fsp3) is 0.417. The fourth-order valence-electron chi connectivity index (χ4n) is 1.70. The molecule has 2 rings (SSSR count). The minimum absolute atomic E-state index is 0.298. The molecule has 0 saturated heterocycles. The van der Waals surface area contributed by atoms with Crippen molar-refractivity contribution in [1.29, 1.82) is 0 Å². The number of aromatic amines is 1. The molecule has 5 nitrogen and oxygen atoms in total. The van der Waals surface area contributed by atoms with Crippen LogP contribution in [0.1, 0.15) is 6.42 Å². The van der Waals surface area contributed by atoms with Gasteiger partial charge in [0.2, 0.25) is 5.95 Å². The quantitative estimate of drug-likeness (QED) is 0.730. The summed E-state index contributed by atoms with van der Waals surface area (Å²) >= 11 is 0. The molecule has 0 spiro atoms. The number of rotatable bonds is 6. The molecule has 6 heteroatoms. The number of ether oxygens (including phenoxy) is 1. The van der Waals surface area contributed by atoms with E-state index in [2.05, 4.69) is 15.3 Å². The highest BCUT2D eigenvalue weighted by Crippen LogP contribution is 2.15. The van der Waals surface area contributed by atoms with Gasteiger partial charge < -0.3 is 20.1 Å². The Morgan fingerprint density at radius 2 is 2.39 bits per heavy atom. The molecule has 0 bridgehead atoms. The van der Waals surface area contributed by atoms with Crippen molar-refractivity contribution < 1.29 is 14.2 Å². The van der Waals surface area contributed by atoms with Crippen molar-refractivity contribution in [2.24, 2.45) is 0 Å². The zero-order valence-corrected chi connectivity index (χ0v) is 10.1. The summed E-state index contributed by atoms with van der Waals surface area (Å²) in [6, 6.07) is 4.38. The number of aromatic nitrogens is 2. The van der Waals surface area contributed by atoms with Gasteiger partial charge in [-0.2, -0.15) is 0 Å². The molecule has 0 aliphatic carbocycles. The summed E-state index contributed by atoms with van der Waals surface area (Å²) in [7, 11) is 1.55. The number of methoxy groups -OCH3 is 1. The smallest absolute Gasteiger partial charge is 0.201 e. The predicted molar refractivity (Wildman–Crippen MR) is 67.0 cm³/mol. The zero-order valence-electron chi connectivity index (χ0n) is 10.1. The molecular formula is C12H16FN3O2. The first-order valence-electron chi connectivity index (χ1n) is 5.75. The number of anilines is 1. The topological polar surface area (TPSA) is 70.2 Å². The van der Waals surface area contributed by atoms with Crippen LogP contribution in [-0.4, -0.2) is 41.4 Å². The van der Waals surface area contributed by atoms with E-state index < -0.39 is 6.10 Å². The average molecular weight is 253 g/mol. The van der Waals surface area contributed by atoms with Crippen molar-refractivity contribution in [2.45, 2.75) is 12.5 Å². The van der Waals surface area contributed by atoms with Gasteiger partial charge in [-0.1, -0.05) is 0 Å². The molecule has 0 amide bonds. The largest absolute Gasteiger partial charge is 0.391 e. The van der Waals surface area contributed by atoms with Gasteiger partial charge in [0, 0.05) is 13.7 Å². The van der Waals surface area contributed by atoms with Crippen LogP contribution in [0.5, 0.6) is 0 Å². The van der Waals surface area contributed by atoms with Crippen LogP contribution < -0.4 is 5.32 Å². The molecule has 1 heterocycles. The van der Waals surface area contributed by atoms with Gasteiger partial charge in [0.05, 0.1) is 23.7 Å². The second kappa shape index (κ2) is 5.79. The Bertz CT molecular complexity index is 515. The molecule has 0 fully saturated rings. The van der Waals surface area contributed by atoms with Gasteiger partial charge in [-0.3, -0.25) is 0 Å². The fourth-order valence-corrected chi connectivity index (χ4v) is 1.70. The van der Waals surface area contributed by atoms with Gasteiger partial charge >= 0.3 is 0 Å². The van der Waals surface area contributed by atoms with Crippen LogP contribution in [0.15, 0.2) is 18.2 Å². The summed E-state index contributed by atoms with van der Waals surface area (Å²) in [5, 5.41) is 12.5. The molecular weight excluding hydrogens is 237 g/mol. The number of fused-ring (bicyclic) bond motifs is 1. The highest BCUT2D eigenvalue weighted by molar-refractivity contribution is 5.77. The maximum absolute atomic E-state index is 13.0. The Labute approximate surface area is 104 Å². The molecule has 0 radical (unpaired) electrons. The molecule has 0 aliphatic heterocycles. The normalized spacial score (nSPS) is 12.8. The van der Waals surface area contributed by atoms with E-state index in [0.717, 1.165) is 0 Å². The summed E-state index contributed by atoms with van der Waals surface area (Å²) in [4.78, 5) is 7.22. The van der Waals surface area contributed by atoms with Crippen molar-refractivity contribution in [3.8, 4) is 0 Å². The van der Waals surface area contributed by atoms with Crippen molar-refractivity contribution in [2.75, 3.05) is 25.6 Å². The number of nitrogens with one attached hydrogen (secondary N) is 2. The minimum Gasteiger partial charge on any atom is -0.391 e. The van der Waals surface area contributed by atoms with E-state index in [1.807, 2.05) is 0 Å². The first-order valence-corrected chi connectivity index (χ1v) is 5.75. The third kappa shape index (κ3) is 3.18. The lowest BCUT2D eigenvalue weighted by atomic mass is 10.3. The standard InChI is InChI=1S/C12H16FN3O2/c1-18-7-9(17)4-5-14-12-15-10-3-2-8(13)6-11(10)16-12/h2-3,6,9,17H,4-5,7H2,1H3,(H2,14,15,16). The van der Waals surface area contributed by atoms with Gasteiger partial charge in [-0.05, 0) is 24.6 Å². The predicted octanol–water partition coefficient (Wildman–Crippen LogP) is 1.51. The number of benzene rings is 1. The highest BCUT2D eigenvalue weighted by Gasteiger charge is 2.05. The first-order chi connectivity index (χ1) is 8.69. The van der Waals surface area contributed by atoms with E-state index in [9.17, 15) is 9.50 Å². The summed E-state index contributed by atoms with van der Waals surface area (Å²) in [5.41, 5.74) is 1.35. The Morgan fingerprint density at radius 1 is 1.56 bits per heavy atom. The van der Waals surface area contributed by atoms with Crippen LogP contribution in [0.3, 0.4) is 0 Å². The molecule has 2 aromatic rings. The lowest BCUT2D eigenvalue weighted by molar-refractivity contribution is 0.0615. The number of hydrogen-bond donors (Lipinski definition) is 3. The Morgan fingerprint density at radius 3 is 3.17 bits per heavy atom. The van der Waals surface area contributed by atoms with Gasteiger partial charge in [-0.25, -0.2) is 9.37 Å². The SMILES string of the molecule is COCC(O)CCNc1nc2ccc(F)cc2[nH]1. The monoisotopic (exact) mass is 253 g/mol. The van der Waals surface area contributed by atoms with Crippen LogP contribution in [0, 0.1) is 5.82 Å². The van der Waals surface area contributed by atoms with E-state index in [1.165, 1.54) is 12.1 Å². The van der Waals surface area contributed by atoms with E-state index in [4.69, 9.17) is 4.74 Å². The zero-order chi connectivity index (χ0) is 13.0. The molecule has 0 aliphatic rings. The molecule has 1 atom stereocenters. The number of H-pyrrole nitrogens is 1. The molecule has 1 aromatic heterocycles. The van der Waals surface area contributed by atoms with E-state index >= 15 is 0 Å². The van der Waals surface area contributed by atoms with Crippen LogP contribution in [0.2, 0.25) is 0 Å². The molecule has 1 unspecified atom stereocenters. The molecule has 98 valence electrons. The maximum atomic E-state index is 13.0. The molecule has 18 heavy (non-hydrogen) atoms. The van der Waals surface area contributed by atoms with Crippen molar-refractivity contribution in [1.82, 2.24) is 9.97 Å². The first kappa shape index (κ1) is 12.8. The van der Waals surface area contributed by atoms with Crippen molar-refractivity contribution >= 4 is 17.0 Å². The van der Waals surface area contributed by atoms with Crippen LogP contribution in [-0.2, 0) is 4.74 Å². The Balaban J connectivity index is 1.92. The van der Waals surface area contributed by atoms with Crippen molar-refractivity contribution in [3.63, 3.8) is 0 Å². The van der Waals surface area contributed by atoms with Crippen LogP contribution in [0.4, 0.5) is 10.3 Å². The van der Waals surface area contributed by atoms with Crippen LogP contribution in [0.25, 0.3) is 11.0 Å². The summed E-state index contributed by atoms with van der Waals surface area (Å²) < 4.78 is 17.8. The van der Waals surface area contributed by atoms with E-state index in [0.29, 0.717) is 36.6 Å². The van der Waals surface area contributed by atoms with E-state index in [-0.39, 0.29) is 5.82 Å². The van der Waals surface area contributed by atoms with Crippen LogP contribution >= 0.6 is 0 Å². The molecule has 0 saturated carbocycles. The Hall–Kier alpha value is -1.66. The third-order valence-corrected chi connectivity index (χ3v) is 2.57. The number of hydrogen-bond acceptors (Lipinski definition) is 4. The number of aliphatic hydroxyl groups excluding tert-OH is 1. The summed E-state index contributed by atoms with van der Waals surface area (Å²) in [6.07, 6.45) is 0.0588. The third-order valence-electron chi connectivity index (χ3n) is 2.57. The summed E-state index contributed by atoms with van der Waals surface area (Å²) in [6.45, 7) is 0.875. The van der Waals surface area contributed by atoms with Gasteiger partial charge in [0.1, 0.15) is 5.82 Å². The maximum Gasteiger partial charge on any atom is 0.201 e. The van der Waals surface area contributed by atoms with Gasteiger partial charge in [0.15, 0.2) is 0 Å². The average Bonchev–Trinajstić information content (AvgIpc) is 2.71.